The number of oxazole rings is 1. The molecule has 29 heavy (non-hydrogen) atoms. The number of fused-ring (bicyclic) bond motifs is 2. The molecule has 1 N–H and O–H groups in total. The number of methoxy groups -OCH3 is 1. The van der Waals surface area contributed by atoms with E-state index in [1.165, 1.54) is 7.11 Å². The minimum Gasteiger partial charge on any atom is -0.494 e. The Hall–Kier alpha value is -3.20. The molecule has 2 aliphatic heterocycles. The van der Waals surface area contributed by atoms with Gasteiger partial charge in [-0.25, -0.2) is 15.0 Å². The van der Waals surface area contributed by atoms with Gasteiger partial charge in [0.25, 0.3) is 5.91 Å². The molecule has 0 radical (unpaired) electrons. The maximum Gasteiger partial charge on any atom is 0.274 e. The summed E-state index contributed by atoms with van der Waals surface area (Å²) in [7, 11) is 1.53. The van der Waals surface area contributed by atoms with Gasteiger partial charge < -0.3 is 19.0 Å². The van der Waals surface area contributed by atoms with Gasteiger partial charge in [0, 0.05) is 38.1 Å². The smallest absolute Gasteiger partial charge is 0.274 e. The van der Waals surface area contributed by atoms with Crippen LogP contribution in [0, 0.1) is 6.92 Å². The molecule has 1 spiro atoms. The third-order valence-corrected chi connectivity index (χ3v) is 5.65. The van der Waals surface area contributed by atoms with E-state index in [1.807, 2.05) is 13.1 Å². The zero-order valence-electron chi connectivity index (χ0n) is 16.3. The van der Waals surface area contributed by atoms with Crippen LogP contribution in [0.3, 0.4) is 0 Å². The summed E-state index contributed by atoms with van der Waals surface area (Å²) in [5.41, 5.74) is 0.211. The second kappa shape index (κ2) is 6.70. The van der Waals surface area contributed by atoms with Gasteiger partial charge in [0.05, 0.1) is 31.4 Å². The fourth-order valence-electron chi connectivity index (χ4n) is 4.46. The number of hydrogen-bond acceptors (Lipinski definition) is 7. The summed E-state index contributed by atoms with van der Waals surface area (Å²) < 4.78 is 13.1. The fourth-order valence-corrected chi connectivity index (χ4v) is 4.46. The molecule has 3 aromatic heterocycles. The van der Waals surface area contributed by atoms with E-state index in [2.05, 4.69) is 29.7 Å². The van der Waals surface area contributed by atoms with E-state index in [0.29, 0.717) is 12.3 Å². The Morgan fingerprint density at radius 2 is 2.21 bits per heavy atom. The van der Waals surface area contributed by atoms with Crippen molar-refractivity contribution in [2.24, 2.45) is 0 Å². The minimum absolute atomic E-state index is 0.0698. The number of nitrogens with zero attached hydrogens (tertiary/aromatic N) is 5. The summed E-state index contributed by atoms with van der Waals surface area (Å²) in [5, 5.41) is 3.09. The number of hydrogen-bond donors (Lipinski definition) is 1. The van der Waals surface area contributed by atoms with E-state index < -0.39 is 0 Å². The average Bonchev–Trinajstić information content (AvgIpc) is 3.39. The molecule has 2 aliphatic rings. The summed E-state index contributed by atoms with van der Waals surface area (Å²) in [4.78, 5) is 28.1. The quantitative estimate of drug-likeness (QED) is 0.703. The number of aromatic nitrogens is 4. The first-order valence-electron chi connectivity index (χ1n) is 9.55. The second-order valence-electron chi connectivity index (χ2n) is 7.67. The van der Waals surface area contributed by atoms with Crippen molar-refractivity contribution in [2.75, 3.05) is 20.2 Å². The molecule has 0 aliphatic carbocycles. The van der Waals surface area contributed by atoms with Crippen LogP contribution in [0.1, 0.15) is 40.4 Å². The lowest BCUT2D eigenvalue weighted by molar-refractivity contribution is 0.00189. The molecule has 5 rings (SSSR count). The Labute approximate surface area is 167 Å². The van der Waals surface area contributed by atoms with Crippen LogP contribution < -0.4 is 10.1 Å². The molecule has 1 saturated heterocycles. The predicted molar refractivity (Wildman–Crippen MR) is 102 cm³/mol. The van der Waals surface area contributed by atoms with Gasteiger partial charge in [0.15, 0.2) is 5.69 Å². The summed E-state index contributed by atoms with van der Waals surface area (Å²) in [6.07, 6.45) is 7.90. The first-order chi connectivity index (χ1) is 14.1. The number of likely N-dealkylation sites (tertiary alicyclic amines) is 1. The number of amides is 1. The van der Waals surface area contributed by atoms with Crippen molar-refractivity contribution in [2.45, 2.75) is 31.5 Å². The Kier molecular flexibility index (Phi) is 4.13. The molecule has 1 atom stereocenters. The van der Waals surface area contributed by atoms with Crippen molar-refractivity contribution in [1.29, 1.82) is 0 Å². The van der Waals surface area contributed by atoms with Crippen molar-refractivity contribution in [3.63, 3.8) is 0 Å². The van der Waals surface area contributed by atoms with E-state index in [4.69, 9.17) is 9.15 Å². The standard InChI is InChI=1S/C20H22N6O3/c1-13-9-23-16(29-13)10-25-11-20(12-25)8-14(18-22-6-7-26(18)20)24-19(27)17-15(28-2)4-3-5-21-17/h3-7,9,14H,8,10-12H2,1-2H3,(H,24,27). The largest absolute Gasteiger partial charge is 0.494 e. The van der Waals surface area contributed by atoms with E-state index in [1.54, 1.807) is 30.7 Å². The third kappa shape index (κ3) is 2.98. The van der Waals surface area contributed by atoms with Gasteiger partial charge in [-0.3, -0.25) is 9.69 Å². The van der Waals surface area contributed by atoms with Gasteiger partial charge in [-0.1, -0.05) is 0 Å². The highest BCUT2D eigenvalue weighted by Crippen LogP contribution is 2.44. The van der Waals surface area contributed by atoms with E-state index in [9.17, 15) is 4.79 Å². The van der Waals surface area contributed by atoms with Gasteiger partial charge in [0.2, 0.25) is 5.89 Å². The summed E-state index contributed by atoms with van der Waals surface area (Å²) in [5.74, 6) is 2.62. The van der Waals surface area contributed by atoms with Gasteiger partial charge in [-0.2, -0.15) is 0 Å². The number of ether oxygens (including phenoxy) is 1. The topological polar surface area (TPSA) is 98.3 Å². The molecule has 1 fully saturated rings. The van der Waals surface area contributed by atoms with Crippen molar-refractivity contribution in [3.8, 4) is 5.75 Å². The summed E-state index contributed by atoms with van der Waals surface area (Å²) >= 11 is 0. The second-order valence-corrected chi connectivity index (χ2v) is 7.67. The van der Waals surface area contributed by atoms with E-state index >= 15 is 0 Å². The van der Waals surface area contributed by atoms with Crippen LogP contribution in [0.15, 0.2) is 41.3 Å². The maximum atomic E-state index is 12.8. The lowest BCUT2D eigenvalue weighted by Crippen LogP contribution is -2.60. The fraction of sp³-hybridized carbons (Fsp3) is 0.400. The minimum atomic E-state index is -0.259. The Bertz CT molecular complexity index is 1050. The lowest BCUT2D eigenvalue weighted by Gasteiger charge is -2.48. The third-order valence-electron chi connectivity index (χ3n) is 5.65. The van der Waals surface area contributed by atoms with Crippen LogP contribution in [0.4, 0.5) is 0 Å². The van der Waals surface area contributed by atoms with E-state index in [-0.39, 0.29) is 23.2 Å². The highest BCUT2D eigenvalue weighted by Gasteiger charge is 2.52. The molecule has 0 saturated carbocycles. The van der Waals surface area contributed by atoms with Crippen LogP contribution in [0.2, 0.25) is 0 Å². The van der Waals surface area contributed by atoms with Crippen molar-refractivity contribution in [3.05, 3.63) is 60.1 Å². The number of aryl methyl sites for hydroxylation is 1. The number of carbonyl (C=O) groups is 1. The molecular formula is C20H22N6O3. The monoisotopic (exact) mass is 394 g/mol. The average molecular weight is 394 g/mol. The van der Waals surface area contributed by atoms with Crippen molar-refractivity contribution in [1.82, 2.24) is 29.7 Å². The molecule has 1 unspecified atom stereocenters. The summed E-state index contributed by atoms with van der Waals surface area (Å²) in [6, 6.07) is 3.30. The lowest BCUT2D eigenvalue weighted by atomic mass is 9.86. The zero-order chi connectivity index (χ0) is 20.0. The van der Waals surface area contributed by atoms with Crippen molar-refractivity contribution >= 4 is 5.91 Å². The van der Waals surface area contributed by atoms with Crippen molar-refractivity contribution < 1.29 is 13.9 Å². The van der Waals surface area contributed by atoms with Crippen LogP contribution >= 0.6 is 0 Å². The maximum absolute atomic E-state index is 12.8. The predicted octanol–water partition coefficient (Wildman–Crippen LogP) is 1.67. The number of imidazole rings is 1. The first-order valence-corrected chi connectivity index (χ1v) is 9.55. The summed E-state index contributed by atoms with van der Waals surface area (Å²) in [6.45, 7) is 4.29. The Balaban J connectivity index is 1.30. The Morgan fingerprint density at radius 1 is 1.34 bits per heavy atom. The molecule has 1 amide bonds. The highest BCUT2D eigenvalue weighted by molar-refractivity contribution is 5.95. The van der Waals surface area contributed by atoms with Crippen LogP contribution in [-0.4, -0.2) is 50.5 Å². The molecule has 150 valence electrons. The van der Waals surface area contributed by atoms with Crippen LogP contribution in [0.25, 0.3) is 0 Å². The molecular weight excluding hydrogens is 372 g/mol. The molecule has 9 nitrogen and oxygen atoms in total. The van der Waals surface area contributed by atoms with Gasteiger partial charge in [0.1, 0.15) is 17.3 Å². The molecule has 9 heteroatoms. The van der Waals surface area contributed by atoms with Crippen LogP contribution in [-0.2, 0) is 12.1 Å². The Morgan fingerprint density at radius 3 is 2.97 bits per heavy atom. The van der Waals surface area contributed by atoms with Gasteiger partial charge >= 0.3 is 0 Å². The molecule has 0 aromatic carbocycles. The number of rotatable bonds is 5. The molecule has 5 heterocycles. The van der Waals surface area contributed by atoms with Crippen LogP contribution in [0.5, 0.6) is 5.75 Å². The SMILES string of the molecule is COc1cccnc1C(=O)NC1CC2(CN(Cc3ncc(C)o3)C2)n2ccnc21. The normalized spacial score (nSPS) is 19.7. The first kappa shape index (κ1) is 17.9. The zero-order valence-corrected chi connectivity index (χ0v) is 16.3. The highest BCUT2D eigenvalue weighted by atomic mass is 16.5. The van der Waals surface area contributed by atoms with Gasteiger partial charge in [-0.15, -0.1) is 0 Å². The number of carbonyl (C=O) groups excluding carboxylic acids is 1. The number of pyridine rings is 1. The van der Waals surface area contributed by atoms with E-state index in [0.717, 1.165) is 37.0 Å². The molecule has 0 bridgehead atoms. The molecule has 3 aromatic rings. The van der Waals surface area contributed by atoms with Gasteiger partial charge in [-0.05, 0) is 19.1 Å². The number of nitrogens with one attached hydrogen (secondary N) is 1.